The minimum Gasteiger partial charge on any atom is -0.383 e. The molecular weight excluding hydrogens is 264 g/mol. The van der Waals surface area contributed by atoms with Crippen LogP contribution in [0.4, 0.5) is 0 Å². The van der Waals surface area contributed by atoms with E-state index in [1.807, 2.05) is 0 Å². The van der Waals surface area contributed by atoms with Crippen LogP contribution in [0.25, 0.3) is 10.9 Å². The molecule has 0 radical (unpaired) electrons. The van der Waals surface area contributed by atoms with E-state index in [0.29, 0.717) is 6.10 Å². The molecule has 2 heterocycles. The Hall–Kier alpha value is -1.36. The minimum absolute atomic E-state index is 0.370. The van der Waals surface area contributed by atoms with E-state index in [1.165, 1.54) is 29.3 Å². The van der Waals surface area contributed by atoms with Gasteiger partial charge in [-0.05, 0) is 24.5 Å². The van der Waals surface area contributed by atoms with E-state index in [0.717, 1.165) is 32.8 Å². The molecule has 2 aromatic rings. The van der Waals surface area contributed by atoms with E-state index in [9.17, 15) is 0 Å². The van der Waals surface area contributed by atoms with Gasteiger partial charge in [-0.25, -0.2) is 0 Å². The van der Waals surface area contributed by atoms with Crippen molar-refractivity contribution >= 4 is 10.9 Å². The van der Waals surface area contributed by atoms with Crippen LogP contribution in [0.15, 0.2) is 30.5 Å². The highest BCUT2D eigenvalue weighted by Gasteiger charge is 2.17. The van der Waals surface area contributed by atoms with E-state index in [4.69, 9.17) is 9.47 Å². The third-order valence-electron chi connectivity index (χ3n) is 4.09. The lowest BCUT2D eigenvalue weighted by Gasteiger charge is -2.11. The Morgan fingerprint density at radius 1 is 1.38 bits per heavy atom. The molecular formula is C17H24N2O2. The van der Waals surface area contributed by atoms with Crippen LogP contribution in [0.3, 0.4) is 0 Å². The molecule has 0 spiro atoms. The van der Waals surface area contributed by atoms with Gasteiger partial charge in [-0.15, -0.1) is 0 Å². The Balaban J connectivity index is 1.76. The third kappa shape index (κ3) is 3.46. The summed E-state index contributed by atoms with van der Waals surface area (Å²) in [5.74, 6) is 0. The fourth-order valence-corrected chi connectivity index (χ4v) is 3.02. The van der Waals surface area contributed by atoms with E-state index in [2.05, 4.69) is 40.3 Å². The fraction of sp³-hybridized carbons (Fsp3) is 0.529. The van der Waals surface area contributed by atoms with Crippen LogP contribution in [0.5, 0.6) is 0 Å². The second kappa shape index (κ2) is 7.07. The zero-order chi connectivity index (χ0) is 14.5. The Labute approximate surface area is 126 Å². The molecule has 21 heavy (non-hydrogen) atoms. The molecule has 0 aliphatic carbocycles. The molecule has 1 aliphatic heterocycles. The van der Waals surface area contributed by atoms with Gasteiger partial charge in [-0.3, -0.25) is 0 Å². The number of hydrogen-bond acceptors (Lipinski definition) is 3. The number of fused-ring (bicyclic) bond motifs is 1. The summed E-state index contributed by atoms with van der Waals surface area (Å²) in [4.78, 5) is 0. The SMILES string of the molecule is COCCNCc1cn(CC2CCCO2)c2ccccc12. The van der Waals surface area contributed by atoms with Gasteiger partial charge in [0, 0.05) is 50.5 Å². The van der Waals surface area contributed by atoms with Crippen molar-refractivity contribution in [3.63, 3.8) is 0 Å². The summed E-state index contributed by atoms with van der Waals surface area (Å²) in [6.45, 7) is 4.37. The first-order chi connectivity index (χ1) is 10.4. The van der Waals surface area contributed by atoms with E-state index in [1.54, 1.807) is 7.11 Å². The molecule has 1 atom stereocenters. The van der Waals surface area contributed by atoms with Crippen molar-refractivity contribution in [3.8, 4) is 0 Å². The molecule has 0 bridgehead atoms. The van der Waals surface area contributed by atoms with Crippen molar-refractivity contribution < 1.29 is 9.47 Å². The van der Waals surface area contributed by atoms with Crippen molar-refractivity contribution in [2.45, 2.75) is 32.0 Å². The predicted octanol–water partition coefficient (Wildman–Crippen LogP) is 2.56. The fourth-order valence-electron chi connectivity index (χ4n) is 3.02. The number of hydrogen-bond donors (Lipinski definition) is 1. The Morgan fingerprint density at radius 3 is 3.10 bits per heavy atom. The normalized spacial score (nSPS) is 18.6. The molecule has 1 unspecified atom stereocenters. The largest absolute Gasteiger partial charge is 0.383 e. The number of nitrogens with zero attached hydrogens (tertiary/aromatic N) is 1. The molecule has 3 rings (SSSR count). The number of aromatic nitrogens is 1. The van der Waals surface area contributed by atoms with E-state index >= 15 is 0 Å². The smallest absolute Gasteiger partial charge is 0.0754 e. The average molecular weight is 288 g/mol. The second-order valence-corrected chi connectivity index (χ2v) is 5.63. The predicted molar refractivity (Wildman–Crippen MR) is 84.5 cm³/mol. The molecule has 1 fully saturated rings. The summed E-state index contributed by atoms with van der Waals surface area (Å²) in [5.41, 5.74) is 2.65. The van der Waals surface area contributed by atoms with Gasteiger partial charge in [0.1, 0.15) is 0 Å². The number of nitrogens with one attached hydrogen (secondary N) is 1. The zero-order valence-corrected chi connectivity index (χ0v) is 12.7. The molecule has 1 saturated heterocycles. The van der Waals surface area contributed by atoms with Gasteiger partial charge in [0.05, 0.1) is 12.7 Å². The lowest BCUT2D eigenvalue weighted by molar-refractivity contribution is 0.0980. The van der Waals surface area contributed by atoms with Crippen LogP contribution in [-0.4, -0.2) is 37.5 Å². The molecule has 1 N–H and O–H groups in total. The highest BCUT2D eigenvalue weighted by molar-refractivity contribution is 5.83. The van der Waals surface area contributed by atoms with E-state index < -0.39 is 0 Å². The number of rotatable bonds is 7. The molecule has 1 aromatic heterocycles. The highest BCUT2D eigenvalue weighted by Crippen LogP contribution is 2.23. The van der Waals surface area contributed by atoms with Gasteiger partial charge in [0.15, 0.2) is 0 Å². The Bertz CT molecular complexity index is 573. The van der Waals surface area contributed by atoms with Crippen LogP contribution < -0.4 is 5.32 Å². The second-order valence-electron chi connectivity index (χ2n) is 5.63. The lowest BCUT2D eigenvalue weighted by Crippen LogP contribution is -2.18. The minimum atomic E-state index is 0.370. The first kappa shape index (κ1) is 14.6. The standard InChI is InChI=1S/C17H24N2O2/c1-20-10-8-18-11-14-12-19(13-15-5-4-9-21-15)17-7-3-2-6-16(14)17/h2-3,6-7,12,15,18H,4-5,8-11,13H2,1H3. The number of benzene rings is 1. The van der Waals surface area contributed by atoms with Gasteiger partial charge in [0.25, 0.3) is 0 Å². The number of ether oxygens (including phenoxy) is 2. The van der Waals surface area contributed by atoms with Crippen LogP contribution in [0, 0.1) is 0 Å². The molecule has 4 nitrogen and oxygen atoms in total. The van der Waals surface area contributed by atoms with Gasteiger partial charge in [0.2, 0.25) is 0 Å². The van der Waals surface area contributed by atoms with Crippen LogP contribution in [-0.2, 0) is 22.6 Å². The van der Waals surface area contributed by atoms with Gasteiger partial charge >= 0.3 is 0 Å². The maximum Gasteiger partial charge on any atom is 0.0754 e. The highest BCUT2D eigenvalue weighted by atomic mass is 16.5. The summed E-state index contributed by atoms with van der Waals surface area (Å²) in [5, 5.41) is 4.77. The van der Waals surface area contributed by atoms with Crippen LogP contribution in [0.2, 0.25) is 0 Å². The molecule has 1 aromatic carbocycles. The quantitative estimate of drug-likeness (QED) is 0.795. The van der Waals surface area contributed by atoms with Gasteiger partial charge < -0.3 is 19.4 Å². The Kier molecular flexibility index (Phi) is 4.91. The topological polar surface area (TPSA) is 35.4 Å². The number of methoxy groups -OCH3 is 1. The van der Waals surface area contributed by atoms with E-state index in [-0.39, 0.29) is 0 Å². The zero-order valence-electron chi connectivity index (χ0n) is 12.7. The maximum absolute atomic E-state index is 5.78. The molecule has 1 aliphatic rings. The van der Waals surface area contributed by atoms with Gasteiger partial charge in [-0.2, -0.15) is 0 Å². The monoisotopic (exact) mass is 288 g/mol. The van der Waals surface area contributed by atoms with Crippen molar-refractivity contribution in [3.05, 3.63) is 36.0 Å². The number of para-hydroxylation sites is 1. The molecule has 114 valence electrons. The van der Waals surface area contributed by atoms with Crippen molar-refractivity contribution in [2.24, 2.45) is 0 Å². The molecule has 0 saturated carbocycles. The average Bonchev–Trinajstić information content (AvgIpc) is 3.13. The molecule has 0 amide bonds. The van der Waals surface area contributed by atoms with Crippen LogP contribution in [0.1, 0.15) is 18.4 Å². The maximum atomic E-state index is 5.78. The summed E-state index contributed by atoms with van der Waals surface area (Å²) >= 11 is 0. The third-order valence-corrected chi connectivity index (χ3v) is 4.09. The summed E-state index contributed by atoms with van der Waals surface area (Å²) in [6, 6.07) is 8.62. The lowest BCUT2D eigenvalue weighted by atomic mass is 10.2. The van der Waals surface area contributed by atoms with Gasteiger partial charge in [-0.1, -0.05) is 18.2 Å². The first-order valence-electron chi connectivity index (χ1n) is 7.76. The first-order valence-corrected chi connectivity index (χ1v) is 7.76. The van der Waals surface area contributed by atoms with Crippen LogP contribution >= 0.6 is 0 Å². The van der Waals surface area contributed by atoms with Crippen molar-refractivity contribution in [1.29, 1.82) is 0 Å². The van der Waals surface area contributed by atoms with Crippen molar-refractivity contribution in [1.82, 2.24) is 9.88 Å². The summed E-state index contributed by atoms with van der Waals surface area (Å²) in [7, 11) is 1.73. The molecule has 4 heteroatoms. The summed E-state index contributed by atoms with van der Waals surface area (Å²) in [6.07, 6.45) is 5.00. The Morgan fingerprint density at radius 2 is 2.29 bits per heavy atom. The summed E-state index contributed by atoms with van der Waals surface area (Å²) < 4.78 is 13.2. The van der Waals surface area contributed by atoms with Crippen molar-refractivity contribution in [2.75, 3.05) is 26.9 Å².